The van der Waals surface area contributed by atoms with E-state index in [0.29, 0.717) is 10.1 Å². The van der Waals surface area contributed by atoms with Gasteiger partial charge in [0.1, 0.15) is 0 Å². The van der Waals surface area contributed by atoms with Crippen molar-refractivity contribution in [3.63, 3.8) is 0 Å². The molecule has 0 aromatic carbocycles. The SMILES string of the molecule is ClC1=C[C@@H](Cl)C(Cl)=C[C@H]1Cl. The van der Waals surface area contributed by atoms with Gasteiger partial charge in [-0.05, 0) is 12.2 Å². The van der Waals surface area contributed by atoms with Crippen LogP contribution in [0.5, 0.6) is 0 Å². The number of hydrogen-bond donors (Lipinski definition) is 0. The first-order valence-electron chi connectivity index (χ1n) is 2.64. The Morgan fingerprint density at radius 3 is 1.50 bits per heavy atom. The highest BCUT2D eigenvalue weighted by Gasteiger charge is 2.17. The third kappa shape index (κ3) is 1.82. The average molecular weight is 218 g/mol. The fourth-order valence-electron chi connectivity index (χ4n) is 0.623. The second-order valence-corrected chi connectivity index (χ2v) is 3.72. The largest absolute Gasteiger partial charge is 0.112 e. The van der Waals surface area contributed by atoms with Gasteiger partial charge in [0, 0.05) is 10.1 Å². The number of rotatable bonds is 0. The molecule has 0 bridgehead atoms. The summed E-state index contributed by atoms with van der Waals surface area (Å²) in [7, 11) is 0. The Bertz CT molecular complexity index is 172. The monoisotopic (exact) mass is 216 g/mol. The maximum Gasteiger partial charge on any atom is 0.0884 e. The van der Waals surface area contributed by atoms with Gasteiger partial charge in [0.15, 0.2) is 0 Å². The van der Waals surface area contributed by atoms with Crippen LogP contribution in [0.3, 0.4) is 0 Å². The van der Waals surface area contributed by atoms with Crippen LogP contribution in [0.25, 0.3) is 0 Å². The molecule has 0 N–H and O–H groups in total. The summed E-state index contributed by atoms with van der Waals surface area (Å²) in [5.74, 6) is 0. The van der Waals surface area contributed by atoms with Gasteiger partial charge in [-0.15, -0.1) is 23.2 Å². The molecule has 56 valence electrons. The van der Waals surface area contributed by atoms with Crippen molar-refractivity contribution < 1.29 is 0 Å². The molecule has 0 aromatic heterocycles. The first-order chi connectivity index (χ1) is 4.61. The van der Waals surface area contributed by atoms with Crippen LogP contribution in [-0.2, 0) is 0 Å². The second-order valence-electron chi connectivity index (χ2n) is 1.91. The van der Waals surface area contributed by atoms with E-state index in [4.69, 9.17) is 46.4 Å². The summed E-state index contributed by atoms with van der Waals surface area (Å²) in [5.41, 5.74) is 0. The molecule has 10 heavy (non-hydrogen) atoms. The van der Waals surface area contributed by atoms with Crippen LogP contribution in [0, 0.1) is 0 Å². The Kier molecular flexibility index (Phi) is 2.93. The van der Waals surface area contributed by atoms with Crippen LogP contribution >= 0.6 is 46.4 Å². The fourth-order valence-corrected chi connectivity index (χ4v) is 1.55. The summed E-state index contributed by atoms with van der Waals surface area (Å²) in [6, 6.07) is 0. The van der Waals surface area contributed by atoms with Crippen LogP contribution in [0.2, 0.25) is 0 Å². The van der Waals surface area contributed by atoms with Crippen LogP contribution < -0.4 is 0 Å². The van der Waals surface area contributed by atoms with Gasteiger partial charge in [-0.25, -0.2) is 0 Å². The molecule has 0 saturated carbocycles. The molecular formula is C6H4Cl4. The molecule has 0 radical (unpaired) electrons. The molecule has 1 aliphatic carbocycles. The van der Waals surface area contributed by atoms with Gasteiger partial charge in [-0.3, -0.25) is 0 Å². The maximum absolute atomic E-state index is 5.71. The predicted octanol–water partition coefficient (Wildman–Crippen LogP) is 3.46. The summed E-state index contributed by atoms with van der Waals surface area (Å²) in [6.45, 7) is 0. The van der Waals surface area contributed by atoms with E-state index >= 15 is 0 Å². The second kappa shape index (κ2) is 3.36. The van der Waals surface area contributed by atoms with Crippen LogP contribution in [0.15, 0.2) is 22.2 Å². The van der Waals surface area contributed by atoms with Gasteiger partial charge in [-0.2, -0.15) is 0 Å². The number of alkyl halides is 2. The third-order valence-corrected chi connectivity index (χ3v) is 2.81. The van der Waals surface area contributed by atoms with Gasteiger partial charge >= 0.3 is 0 Å². The highest BCUT2D eigenvalue weighted by Crippen LogP contribution is 2.29. The molecule has 0 amide bonds. The smallest absolute Gasteiger partial charge is 0.0884 e. The molecule has 0 spiro atoms. The van der Waals surface area contributed by atoms with Crippen molar-refractivity contribution in [2.24, 2.45) is 0 Å². The standard InChI is InChI=1S/C6H4Cl4/c7-3-1-4(8)6(10)2-5(3)9/h1-3,6H/t3-,6-/m1/s1. The van der Waals surface area contributed by atoms with Gasteiger partial charge < -0.3 is 0 Å². The van der Waals surface area contributed by atoms with E-state index in [0.717, 1.165) is 0 Å². The summed E-state index contributed by atoms with van der Waals surface area (Å²) in [5, 5.41) is 0.436. The van der Waals surface area contributed by atoms with Crippen molar-refractivity contribution in [2.75, 3.05) is 0 Å². The lowest BCUT2D eigenvalue weighted by Gasteiger charge is -2.13. The summed E-state index contributed by atoms with van der Waals surface area (Å²) in [6.07, 6.45) is 3.26. The topological polar surface area (TPSA) is 0 Å². The Morgan fingerprint density at radius 2 is 1.20 bits per heavy atom. The van der Waals surface area contributed by atoms with Gasteiger partial charge in [0.2, 0.25) is 0 Å². The minimum atomic E-state index is -0.316. The number of halogens is 4. The minimum Gasteiger partial charge on any atom is -0.112 e. The lowest BCUT2D eigenvalue weighted by molar-refractivity contribution is 1.19. The number of hydrogen-bond acceptors (Lipinski definition) is 0. The average Bonchev–Trinajstić information content (AvgIpc) is 1.84. The molecule has 0 aromatic rings. The van der Waals surface area contributed by atoms with Crippen LogP contribution in [0.1, 0.15) is 0 Å². The quantitative estimate of drug-likeness (QED) is 0.546. The lowest BCUT2D eigenvalue weighted by atomic mass is 10.2. The van der Waals surface area contributed by atoms with E-state index in [1.165, 1.54) is 0 Å². The predicted molar refractivity (Wildman–Crippen MR) is 47.2 cm³/mol. The van der Waals surface area contributed by atoms with E-state index in [-0.39, 0.29) is 10.8 Å². The zero-order chi connectivity index (χ0) is 7.72. The van der Waals surface area contributed by atoms with Crippen LogP contribution in [0.4, 0.5) is 0 Å². The Hall–Kier alpha value is 0.640. The zero-order valence-electron chi connectivity index (χ0n) is 4.82. The van der Waals surface area contributed by atoms with Gasteiger partial charge in [0.05, 0.1) is 10.8 Å². The highest BCUT2D eigenvalue weighted by atomic mass is 35.5. The van der Waals surface area contributed by atoms with E-state index in [9.17, 15) is 0 Å². The molecule has 0 heterocycles. The van der Waals surface area contributed by atoms with E-state index < -0.39 is 0 Å². The Morgan fingerprint density at radius 1 is 0.900 bits per heavy atom. The normalized spacial score (nSPS) is 33.2. The molecule has 0 fully saturated rings. The summed E-state index contributed by atoms with van der Waals surface area (Å²) < 4.78 is 0. The van der Waals surface area contributed by atoms with Crippen molar-refractivity contribution in [3.05, 3.63) is 22.2 Å². The van der Waals surface area contributed by atoms with E-state index in [1.54, 1.807) is 12.2 Å². The molecule has 0 aliphatic heterocycles. The Labute approximate surface area is 79.4 Å². The van der Waals surface area contributed by atoms with Crippen molar-refractivity contribution in [1.29, 1.82) is 0 Å². The molecule has 1 rings (SSSR count). The van der Waals surface area contributed by atoms with E-state index in [1.807, 2.05) is 0 Å². The number of allylic oxidation sites excluding steroid dienone is 4. The first kappa shape index (κ1) is 8.73. The lowest BCUT2D eigenvalue weighted by Crippen LogP contribution is -2.07. The van der Waals surface area contributed by atoms with E-state index in [2.05, 4.69) is 0 Å². The fraction of sp³-hybridized carbons (Fsp3) is 0.333. The van der Waals surface area contributed by atoms with Crippen molar-refractivity contribution in [2.45, 2.75) is 10.8 Å². The third-order valence-electron chi connectivity index (χ3n) is 1.14. The van der Waals surface area contributed by atoms with Crippen molar-refractivity contribution in [3.8, 4) is 0 Å². The summed E-state index contributed by atoms with van der Waals surface area (Å²) in [4.78, 5) is 0. The van der Waals surface area contributed by atoms with Crippen molar-refractivity contribution in [1.82, 2.24) is 0 Å². The molecule has 0 unspecified atom stereocenters. The van der Waals surface area contributed by atoms with Gasteiger partial charge in [-0.1, -0.05) is 23.2 Å². The molecule has 0 saturated heterocycles. The van der Waals surface area contributed by atoms with Gasteiger partial charge in [0.25, 0.3) is 0 Å². The van der Waals surface area contributed by atoms with Crippen molar-refractivity contribution >= 4 is 46.4 Å². The molecule has 1 aliphatic rings. The van der Waals surface area contributed by atoms with Crippen LogP contribution in [-0.4, -0.2) is 10.8 Å². The molecular weight excluding hydrogens is 214 g/mol. The highest BCUT2D eigenvalue weighted by molar-refractivity contribution is 6.43. The first-order valence-corrected chi connectivity index (χ1v) is 4.26. The zero-order valence-corrected chi connectivity index (χ0v) is 7.84. The minimum absolute atomic E-state index is 0.316. The Balaban J connectivity index is 2.81. The molecule has 0 nitrogen and oxygen atoms in total. The maximum atomic E-state index is 5.71. The summed E-state index contributed by atoms with van der Waals surface area (Å²) >= 11 is 22.8. The molecule has 4 heteroatoms. The molecule has 2 atom stereocenters.